The number of allylic oxidation sites excluding steroid dienone is 2. The number of rotatable bonds is 6. The van der Waals surface area contributed by atoms with E-state index < -0.39 is 23.5 Å². The third-order valence-electron chi connectivity index (χ3n) is 7.20. The molecule has 3 rings (SSSR count). The van der Waals surface area contributed by atoms with Gasteiger partial charge >= 0.3 is 0 Å². The first-order valence-corrected chi connectivity index (χ1v) is 11.3. The molecule has 0 aromatic heterocycles. The monoisotopic (exact) mass is 410 g/mol. The van der Waals surface area contributed by atoms with Gasteiger partial charge in [0.2, 0.25) is 0 Å². The Kier molecular flexibility index (Phi) is 7.45. The van der Waals surface area contributed by atoms with Gasteiger partial charge in [0, 0.05) is 17.9 Å². The molecule has 2 aliphatic rings. The van der Waals surface area contributed by atoms with E-state index in [4.69, 9.17) is 0 Å². The van der Waals surface area contributed by atoms with Crippen molar-refractivity contribution in [2.45, 2.75) is 89.9 Å². The van der Waals surface area contributed by atoms with Gasteiger partial charge in [-0.2, -0.15) is 0 Å². The van der Waals surface area contributed by atoms with Gasteiger partial charge in [0.15, 0.2) is 0 Å². The highest BCUT2D eigenvalue weighted by atomic mass is 19.3. The fourth-order valence-electron chi connectivity index (χ4n) is 5.21. The second-order valence-electron chi connectivity index (χ2n) is 9.24. The van der Waals surface area contributed by atoms with Crippen LogP contribution in [0.15, 0.2) is 24.3 Å². The molecule has 2 fully saturated rings. The summed E-state index contributed by atoms with van der Waals surface area (Å²) in [6.45, 7) is 3.53. The molecule has 0 heterocycles. The first-order valence-electron chi connectivity index (χ1n) is 11.3. The van der Waals surface area contributed by atoms with Gasteiger partial charge < -0.3 is 0 Å². The molecule has 0 spiro atoms. The maximum atomic E-state index is 14.9. The van der Waals surface area contributed by atoms with E-state index in [0.29, 0.717) is 37.2 Å². The average Bonchev–Trinajstić information content (AvgIpc) is 2.70. The Morgan fingerprint density at radius 1 is 0.931 bits per heavy atom. The van der Waals surface area contributed by atoms with Crippen molar-refractivity contribution in [1.29, 1.82) is 0 Å². The summed E-state index contributed by atoms with van der Waals surface area (Å²) in [6, 6.07) is 2.84. The predicted octanol–water partition coefficient (Wildman–Crippen LogP) is 8.35. The summed E-state index contributed by atoms with van der Waals surface area (Å²) in [5.41, 5.74) is 0.719. The number of halogens is 4. The Balaban J connectivity index is 1.50. The second kappa shape index (κ2) is 9.66. The van der Waals surface area contributed by atoms with Crippen LogP contribution in [-0.4, -0.2) is 5.92 Å². The van der Waals surface area contributed by atoms with Crippen LogP contribution < -0.4 is 0 Å². The number of alkyl halides is 2. The van der Waals surface area contributed by atoms with Crippen molar-refractivity contribution in [2.24, 2.45) is 17.8 Å². The lowest BCUT2D eigenvalue weighted by molar-refractivity contribution is -0.0939. The quantitative estimate of drug-likeness (QED) is 0.326. The largest absolute Gasteiger partial charge is 0.251 e. The van der Waals surface area contributed by atoms with E-state index in [1.807, 2.05) is 0 Å². The minimum absolute atomic E-state index is 0.0131. The van der Waals surface area contributed by atoms with Crippen LogP contribution in [0.1, 0.15) is 88.2 Å². The zero-order valence-corrected chi connectivity index (χ0v) is 17.7. The van der Waals surface area contributed by atoms with Crippen molar-refractivity contribution in [3.63, 3.8) is 0 Å². The van der Waals surface area contributed by atoms with Gasteiger partial charge in [-0.05, 0) is 100 Å². The molecule has 0 unspecified atom stereocenters. The molecule has 0 nitrogen and oxygen atoms in total. The van der Waals surface area contributed by atoms with Crippen LogP contribution in [0.5, 0.6) is 0 Å². The van der Waals surface area contributed by atoms with Crippen LogP contribution >= 0.6 is 0 Å². The molecule has 162 valence electrons. The molecule has 0 saturated heterocycles. The number of hydrogen-bond acceptors (Lipinski definition) is 0. The summed E-state index contributed by atoms with van der Waals surface area (Å²) in [5, 5.41) is 0. The van der Waals surface area contributed by atoms with Crippen LogP contribution in [0.3, 0.4) is 0 Å². The van der Waals surface area contributed by atoms with Crippen molar-refractivity contribution >= 4 is 0 Å². The van der Waals surface area contributed by atoms with E-state index in [9.17, 15) is 17.6 Å². The fourth-order valence-corrected chi connectivity index (χ4v) is 5.21. The summed E-state index contributed by atoms with van der Waals surface area (Å²) in [7, 11) is 0. The predicted molar refractivity (Wildman–Crippen MR) is 110 cm³/mol. The lowest BCUT2D eigenvalue weighted by atomic mass is 9.72. The standard InChI is InChI=1S/C25H34F4/c1-3-4-5-18-8-12-22(13-9-18)25(28,29)16-19-6-10-20(11-7-19)21-14-23(26)17(2)24(27)15-21/h4-5,14-15,18-20,22H,3,6-13,16H2,1-2H3/b5-4+. The van der Waals surface area contributed by atoms with Crippen LogP contribution in [0.25, 0.3) is 0 Å². The fraction of sp³-hybridized carbons (Fsp3) is 0.680. The molecule has 0 radical (unpaired) electrons. The second-order valence-corrected chi connectivity index (χ2v) is 9.24. The summed E-state index contributed by atoms with van der Waals surface area (Å²) in [4.78, 5) is 0. The van der Waals surface area contributed by atoms with Gasteiger partial charge in [0.05, 0.1) is 0 Å². The van der Waals surface area contributed by atoms with Crippen LogP contribution in [0, 0.1) is 36.3 Å². The zero-order valence-electron chi connectivity index (χ0n) is 17.7. The maximum absolute atomic E-state index is 14.9. The molecule has 4 heteroatoms. The van der Waals surface area contributed by atoms with Gasteiger partial charge in [-0.3, -0.25) is 0 Å². The summed E-state index contributed by atoms with van der Waals surface area (Å²) in [6.07, 6.45) is 11.2. The molecular weight excluding hydrogens is 376 g/mol. The molecule has 29 heavy (non-hydrogen) atoms. The van der Waals surface area contributed by atoms with Gasteiger partial charge in [-0.15, -0.1) is 0 Å². The summed E-state index contributed by atoms with van der Waals surface area (Å²) >= 11 is 0. The Bertz CT molecular complexity index is 670. The Labute approximate surface area is 172 Å². The molecule has 1 aromatic rings. The van der Waals surface area contributed by atoms with E-state index >= 15 is 0 Å². The van der Waals surface area contributed by atoms with Gasteiger partial charge in [0.1, 0.15) is 11.6 Å². The SMILES string of the molecule is CC/C=C/C1CCC(C(F)(F)CC2CCC(c3cc(F)c(C)c(F)c3)CC2)CC1. The minimum atomic E-state index is -2.60. The smallest absolute Gasteiger partial charge is 0.207 e. The molecular formula is C25H34F4. The molecule has 0 atom stereocenters. The van der Waals surface area contributed by atoms with E-state index in [1.54, 1.807) is 0 Å². The van der Waals surface area contributed by atoms with Crippen molar-refractivity contribution in [3.8, 4) is 0 Å². The minimum Gasteiger partial charge on any atom is -0.207 e. The third-order valence-corrected chi connectivity index (χ3v) is 7.20. The van der Waals surface area contributed by atoms with Crippen molar-refractivity contribution < 1.29 is 17.6 Å². The first kappa shape index (κ1) is 22.4. The number of hydrogen-bond donors (Lipinski definition) is 0. The molecule has 0 amide bonds. The maximum Gasteiger partial charge on any atom is 0.251 e. The molecule has 1 aromatic carbocycles. The summed E-state index contributed by atoms with van der Waals surface area (Å²) in [5.74, 6) is -3.57. The number of benzene rings is 1. The molecule has 2 saturated carbocycles. The Hall–Kier alpha value is -1.32. The van der Waals surface area contributed by atoms with Gasteiger partial charge in [-0.1, -0.05) is 19.1 Å². The highest BCUT2D eigenvalue weighted by Crippen LogP contribution is 2.46. The Morgan fingerprint density at radius 2 is 1.52 bits per heavy atom. The summed E-state index contributed by atoms with van der Waals surface area (Å²) < 4.78 is 57.6. The van der Waals surface area contributed by atoms with Crippen molar-refractivity contribution in [2.75, 3.05) is 0 Å². The van der Waals surface area contributed by atoms with Crippen molar-refractivity contribution in [1.82, 2.24) is 0 Å². The lowest BCUT2D eigenvalue weighted by Crippen LogP contribution is -2.34. The van der Waals surface area contributed by atoms with Gasteiger partial charge in [-0.25, -0.2) is 17.6 Å². The van der Waals surface area contributed by atoms with E-state index in [2.05, 4.69) is 19.1 Å². The van der Waals surface area contributed by atoms with E-state index in [-0.39, 0.29) is 23.8 Å². The average molecular weight is 411 g/mol. The Morgan fingerprint density at radius 3 is 2.07 bits per heavy atom. The highest BCUT2D eigenvalue weighted by molar-refractivity contribution is 5.28. The molecule has 0 bridgehead atoms. The zero-order chi connectivity index (χ0) is 21.0. The van der Waals surface area contributed by atoms with E-state index in [0.717, 1.165) is 32.1 Å². The lowest BCUT2D eigenvalue weighted by Gasteiger charge is -2.36. The molecule has 0 N–H and O–H groups in total. The van der Waals surface area contributed by atoms with E-state index in [1.165, 1.54) is 19.1 Å². The van der Waals surface area contributed by atoms with Crippen LogP contribution in [0.4, 0.5) is 17.6 Å². The van der Waals surface area contributed by atoms with Crippen LogP contribution in [-0.2, 0) is 0 Å². The third kappa shape index (κ3) is 5.64. The highest BCUT2D eigenvalue weighted by Gasteiger charge is 2.43. The molecule has 0 aliphatic heterocycles. The first-order chi connectivity index (χ1) is 13.8. The normalized spacial score (nSPS) is 28.8. The van der Waals surface area contributed by atoms with Crippen LogP contribution in [0.2, 0.25) is 0 Å². The topological polar surface area (TPSA) is 0 Å². The molecule has 2 aliphatic carbocycles. The van der Waals surface area contributed by atoms with Crippen molar-refractivity contribution in [3.05, 3.63) is 47.0 Å². The van der Waals surface area contributed by atoms with Gasteiger partial charge in [0.25, 0.3) is 5.92 Å².